The lowest BCUT2D eigenvalue weighted by Crippen LogP contribution is -1.99. The van der Waals surface area contributed by atoms with E-state index >= 15 is 0 Å². The van der Waals surface area contributed by atoms with Crippen molar-refractivity contribution < 1.29 is 4.74 Å². The van der Waals surface area contributed by atoms with E-state index < -0.39 is 0 Å². The Labute approximate surface area is 163 Å². The fraction of sp³-hybridized carbons (Fsp3) is 0.238. The van der Waals surface area contributed by atoms with Gasteiger partial charge in [0, 0.05) is 48.0 Å². The average Bonchev–Trinajstić information content (AvgIpc) is 3.27. The van der Waals surface area contributed by atoms with Gasteiger partial charge in [-0.15, -0.1) is 0 Å². The Morgan fingerprint density at radius 1 is 1.22 bits per heavy atom. The number of hydrogen-bond acceptors (Lipinski definition) is 3. The standard InChI is InChI=1S/C21H21ClN4O/c1-5-17-19(20-21(25(17)3)16(22)11-13(2)24-20)15-8-7-14(12-18(15)27-4)26-10-6-9-23-26/h6-12H,5H2,1-4H3. The van der Waals surface area contributed by atoms with Crippen LogP contribution >= 0.6 is 11.6 Å². The van der Waals surface area contributed by atoms with E-state index in [0.29, 0.717) is 5.02 Å². The van der Waals surface area contributed by atoms with E-state index in [9.17, 15) is 0 Å². The van der Waals surface area contributed by atoms with Gasteiger partial charge in [-0.25, -0.2) is 4.68 Å². The normalized spacial score (nSPS) is 11.3. The number of ether oxygens (including phenoxy) is 1. The molecule has 0 spiro atoms. The third-order valence-electron chi connectivity index (χ3n) is 4.90. The summed E-state index contributed by atoms with van der Waals surface area (Å²) in [4.78, 5) is 4.81. The van der Waals surface area contributed by atoms with Crippen molar-refractivity contribution in [2.75, 3.05) is 7.11 Å². The Hall–Kier alpha value is -2.79. The summed E-state index contributed by atoms with van der Waals surface area (Å²) in [5, 5.41) is 5.02. The van der Waals surface area contributed by atoms with Gasteiger partial charge in [-0.1, -0.05) is 18.5 Å². The molecule has 0 atom stereocenters. The highest BCUT2D eigenvalue weighted by Gasteiger charge is 2.22. The van der Waals surface area contributed by atoms with Crippen LogP contribution in [0, 0.1) is 6.92 Å². The summed E-state index contributed by atoms with van der Waals surface area (Å²) in [7, 11) is 3.73. The molecule has 0 aliphatic carbocycles. The predicted molar refractivity (Wildman–Crippen MR) is 109 cm³/mol. The molecule has 4 aromatic rings. The molecule has 138 valence electrons. The van der Waals surface area contributed by atoms with Gasteiger partial charge in [0.2, 0.25) is 0 Å². The van der Waals surface area contributed by atoms with Crippen molar-refractivity contribution in [3.63, 3.8) is 0 Å². The quantitative estimate of drug-likeness (QED) is 0.502. The van der Waals surface area contributed by atoms with Crippen LogP contribution in [0.2, 0.25) is 5.02 Å². The zero-order valence-corrected chi connectivity index (χ0v) is 16.6. The molecular weight excluding hydrogens is 360 g/mol. The molecule has 4 rings (SSSR count). The predicted octanol–water partition coefficient (Wildman–Crippen LogP) is 4.96. The Bertz CT molecular complexity index is 1130. The lowest BCUT2D eigenvalue weighted by atomic mass is 10.0. The van der Waals surface area contributed by atoms with Crippen LogP contribution in [0.1, 0.15) is 18.3 Å². The van der Waals surface area contributed by atoms with Crippen LogP contribution in [0.15, 0.2) is 42.7 Å². The van der Waals surface area contributed by atoms with Gasteiger partial charge in [0.25, 0.3) is 0 Å². The number of rotatable bonds is 4. The first kappa shape index (κ1) is 17.6. The summed E-state index contributed by atoms with van der Waals surface area (Å²) in [5.74, 6) is 0.782. The fourth-order valence-corrected chi connectivity index (χ4v) is 4.08. The molecule has 0 aliphatic rings. The van der Waals surface area contributed by atoms with Crippen molar-refractivity contribution in [3.05, 3.63) is 59.1 Å². The molecule has 0 saturated carbocycles. The van der Waals surface area contributed by atoms with Crippen molar-refractivity contribution in [1.82, 2.24) is 19.3 Å². The first-order valence-corrected chi connectivity index (χ1v) is 9.25. The number of pyridine rings is 1. The summed E-state index contributed by atoms with van der Waals surface area (Å²) in [5.41, 5.74) is 6.96. The van der Waals surface area contributed by atoms with Crippen molar-refractivity contribution in [2.24, 2.45) is 7.05 Å². The molecule has 0 amide bonds. The number of halogens is 1. The molecule has 0 aliphatic heterocycles. The Balaban J connectivity index is 2.02. The third kappa shape index (κ3) is 2.79. The van der Waals surface area contributed by atoms with E-state index in [0.717, 1.165) is 45.7 Å². The van der Waals surface area contributed by atoms with E-state index in [4.69, 9.17) is 21.3 Å². The van der Waals surface area contributed by atoms with Crippen molar-refractivity contribution in [3.8, 4) is 22.6 Å². The van der Waals surface area contributed by atoms with Crippen LogP contribution in [-0.4, -0.2) is 26.4 Å². The number of nitrogens with zero attached hydrogens (tertiary/aromatic N) is 4. The number of hydrogen-bond donors (Lipinski definition) is 0. The maximum absolute atomic E-state index is 6.56. The number of aromatic nitrogens is 4. The number of aryl methyl sites for hydroxylation is 2. The van der Waals surface area contributed by atoms with Crippen molar-refractivity contribution in [1.29, 1.82) is 0 Å². The first-order valence-electron chi connectivity index (χ1n) is 8.88. The van der Waals surface area contributed by atoms with Gasteiger partial charge in [-0.05, 0) is 37.6 Å². The lowest BCUT2D eigenvalue weighted by Gasteiger charge is -2.12. The number of methoxy groups -OCH3 is 1. The molecule has 0 unspecified atom stereocenters. The second-order valence-electron chi connectivity index (χ2n) is 6.51. The molecule has 0 bridgehead atoms. The summed E-state index contributed by atoms with van der Waals surface area (Å²) >= 11 is 6.56. The monoisotopic (exact) mass is 380 g/mol. The maximum atomic E-state index is 6.56. The lowest BCUT2D eigenvalue weighted by molar-refractivity contribution is 0.416. The minimum Gasteiger partial charge on any atom is -0.496 e. The zero-order chi connectivity index (χ0) is 19.1. The molecule has 0 fully saturated rings. The maximum Gasteiger partial charge on any atom is 0.128 e. The van der Waals surface area contributed by atoms with Crippen LogP contribution in [0.3, 0.4) is 0 Å². The van der Waals surface area contributed by atoms with Gasteiger partial charge in [-0.2, -0.15) is 5.10 Å². The first-order chi connectivity index (χ1) is 13.0. The largest absolute Gasteiger partial charge is 0.496 e. The van der Waals surface area contributed by atoms with Gasteiger partial charge in [0.1, 0.15) is 5.75 Å². The van der Waals surface area contributed by atoms with Crippen molar-refractivity contribution in [2.45, 2.75) is 20.3 Å². The molecule has 1 aromatic carbocycles. The highest BCUT2D eigenvalue weighted by Crippen LogP contribution is 2.41. The van der Waals surface area contributed by atoms with Gasteiger partial charge < -0.3 is 9.30 Å². The van der Waals surface area contributed by atoms with E-state index in [2.05, 4.69) is 22.7 Å². The number of fused-ring (bicyclic) bond motifs is 1. The molecule has 0 saturated heterocycles. The number of benzene rings is 1. The molecule has 3 heterocycles. The van der Waals surface area contributed by atoms with E-state index in [1.807, 2.05) is 49.1 Å². The fourth-order valence-electron chi connectivity index (χ4n) is 3.71. The highest BCUT2D eigenvalue weighted by molar-refractivity contribution is 6.35. The van der Waals surface area contributed by atoms with E-state index in [1.54, 1.807) is 13.3 Å². The smallest absolute Gasteiger partial charge is 0.128 e. The Kier molecular flexibility index (Phi) is 4.40. The topological polar surface area (TPSA) is 44.9 Å². The van der Waals surface area contributed by atoms with E-state index in [-0.39, 0.29) is 0 Å². The second kappa shape index (κ2) is 6.74. The molecule has 6 heteroatoms. The van der Waals surface area contributed by atoms with Crippen LogP contribution in [0.5, 0.6) is 5.75 Å². The van der Waals surface area contributed by atoms with Gasteiger partial charge in [-0.3, -0.25) is 4.98 Å². The molecule has 0 N–H and O–H groups in total. The summed E-state index contributed by atoms with van der Waals surface area (Å²) < 4.78 is 9.70. The van der Waals surface area contributed by atoms with Gasteiger partial charge >= 0.3 is 0 Å². The molecule has 27 heavy (non-hydrogen) atoms. The summed E-state index contributed by atoms with van der Waals surface area (Å²) in [6.07, 6.45) is 4.53. The SMILES string of the molecule is CCc1c(-c2ccc(-n3cccn3)cc2OC)c2nc(C)cc(Cl)c2n1C. The van der Waals surface area contributed by atoms with E-state index in [1.165, 1.54) is 5.69 Å². The van der Waals surface area contributed by atoms with Gasteiger partial charge in [0.05, 0.1) is 28.9 Å². The molecule has 5 nitrogen and oxygen atoms in total. The molecule has 3 aromatic heterocycles. The average molecular weight is 381 g/mol. The summed E-state index contributed by atoms with van der Waals surface area (Å²) in [6.45, 7) is 4.11. The molecular formula is C21H21ClN4O. The second-order valence-corrected chi connectivity index (χ2v) is 6.92. The zero-order valence-electron chi connectivity index (χ0n) is 15.8. The third-order valence-corrected chi connectivity index (χ3v) is 5.19. The highest BCUT2D eigenvalue weighted by atomic mass is 35.5. The van der Waals surface area contributed by atoms with Gasteiger partial charge in [0.15, 0.2) is 0 Å². The van der Waals surface area contributed by atoms with Crippen LogP contribution in [0.4, 0.5) is 0 Å². The van der Waals surface area contributed by atoms with Crippen LogP contribution < -0.4 is 4.74 Å². The summed E-state index contributed by atoms with van der Waals surface area (Å²) in [6, 6.07) is 9.92. The minimum atomic E-state index is 0.716. The Morgan fingerprint density at radius 3 is 2.70 bits per heavy atom. The molecule has 0 radical (unpaired) electrons. The Morgan fingerprint density at radius 2 is 2.04 bits per heavy atom. The van der Waals surface area contributed by atoms with Crippen LogP contribution in [0.25, 0.3) is 27.8 Å². The van der Waals surface area contributed by atoms with Crippen LogP contribution in [-0.2, 0) is 13.5 Å². The van der Waals surface area contributed by atoms with Crippen molar-refractivity contribution >= 4 is 22.6 Å². The minimum absolute atomic E-state index is 0.716.